The summed E-state index contributed by atoms with van der Waals surface area (Å²) in [6.45, 7) is 0. The van der Waals surface area contributed by atoms with Crippen LogP contribution in [0.4, 0.5) is 0 Å². The molecule has 84 valence electrons. The van der Waals surface area contributed by atoms with E-state index in [1.54, 1.807) is 21.3 Å². The highest BCUT2D eigenvalue weighted by molar-refractivity contribution is 5.30. The monoisotopic (exact) mass is 211 g/mol. The third-order valence-electron chi connectivity index (χ3n) is 2.24. The molecule has 1 rings (SSSR count). The smallest absolute Gasteiger partial charge is 0.176 e. The van der Waals surface area contributed by atoms with Gasteiger partial charge in [0.2, 0.25) is 0 Å². The zero-order valence-electron chi connectivity index (χ0n) is 9.27. The third-order valence-corrected chi connectivity index (χ3v) is 2.24. The van der Waals surface area contributed by atoms with Crippen LogP contribution in [-0.4, -0.2) is 27.6 Å². The van der Waals surface area contributed by atoms with Crippen LogP contribution in [0.2, 0.25) is 0 Å². The normalized spacial score (nSPS) is 12.9. The van der Waals surface area contributed by atoms with Crippen LogP contribution in [0.25, 0.3) is 0 Å². The summed E-state index contributed by atoms with van der Waals surface area (Å²) in [6, 6.07) is 7.21. The van der Waals surface area contributed by atoms with Crippen LogP contribution in [0.5, 0.6) is 5.75 Å². The van der Waals surface area contributed by atoms with Gasteiger partial charge < -0.3 is 19.9 Å². The minimum Gasteiger partial charge on any atom is -0.497 e. The molecule has 4 nitrogen and oxygen atoms in total. The fourth-order valence-electron chi connectivity index (χ4n) is 1.40. The van der Waals surface area contributed by atoms with Crippen LogP contribution >= 0.6 is 0 Å². The third kappa shape index (κ3) is 2.92. The molecule has 0 aliphatic rings. The highest BCUT2D eigenvalue weighted by atomic mass is 16.7. The summed E-state index contributed by atoms with van der Waals surface area (Å²) in [5.74, 6) is 0.772. The number of methoxy groups -OCH3 is 3. The van der Waals surface area contributed by atoms with E-state index in [0.29, 0.717) is 0 Å². The quantitative estimate of drug-likeness (QED) is 0.746. The van der Waals surface area contributed by atoms with E-state index in [9.17, 15) is 0 Å². The molecule has 0 amide bonds. The molecule has 0 saturated heterocycles. The first kappa shape index (κ1) is 12.0. The largest absolute Gasteiger partial charge is 0.497 e. The molecule has 0 radical (unpaired) electrons. The molecule has 4 heteroatoms. The number of nitrogens with two attached hydrogens (primary N) is 1. The van der Waals surface area contributed by atoms with Gasteiger partial charge in [0.05, 0.1) is 13.2 Å². The van der Waals surface area contributed by atoms with E-state index in [1.807, 2.05) is 24.3 Å². The summed E-state index contributed by atoms with van der Waals surface area (Å²) >= 11 is 0. The van der Waals surface area contributed by atoms with E-state index in [1.165, 1.54) is 0 Å². The molecular formula is C11H17NO3. The van der Waals surface area contributed by atoms with Crippen LogP contribution in [-0.2, 0) is 9.47 Å². The molecule has 0 aromatic heterocycles. The van der Waals surface area contributed by atoms with E-state index in [4.69, 9.17) is 19.9 Å². The minimum absolute atomic E-state index is 0.324. The Labute approximate surface area is 89.9 Å². The highest BCUT2D eigenvalue weighted by Crippen LogP contribution is 2.21. The van der Waals surface area contributed by atoms with Gasteiger partial charge >= 0.3 is 0 Å². The molecule has 2 N–H and O–H groups in total. The van der Waals surface area contributed by atoms with Crippen molar-refractivity contribution in [1.29, 1.82) is 0 Å². The predicted octanol–water partition coefficient (Wildman–Crippen LogP) is 1.31. The molecular weight excluding hydrogens is 194 g/mol. The topological polar surface area (TPSA) is 53.7 Å². The Hall–Kier alpha value is -1.10. The number of rotatable bonds is 5. The summed E-state index contributed by atoms with van der Waals surface area (Å²) in [5, 5.41) is 0. The first-order valence-corrected chi connectivity index (χ1v) is 4.68. The lowest BCUT2D eigenvalue weighted by Gasteiger charge is -2.21. The average Bonchev–Trinajstić information content (AvgIpc) is 2.30. The molecule has 0 aliphatic carbocycles. The van der Waals surface area contributed by atoms with Crippen LogP contribution in [0.3, 0.4) is 0 Å². The standard InChI is InChI=1S/C11H17NO3/c1-13-9-6-4-5-8(7-9)10(12)11(14-2)15-3/h4-7,10-11H,12H2,1-3H3. The lowest BCUT2D eigenvalue weighted by molar-refractivity contribution is -0.117. The Kier molecular flexibility index (Phi) is 4.55. The second kappa shape index (κ2) is 5.70. The van der Waals surface area contributed by atoms with E-state index in [0.717, 1.165) is 11.3 Å². The van der Waals surface area contributed by atoms with Gasteiger partial charge in [-0.2, -0.15) is 0 Å². The Balaban J connectivity index is 2.84. The van der Waals surface area contributed by atoms with E-state index in [-0.39, 0.29) is 6.04 Å². The Morgan fingerprint density at radius 2 is 1.80 bits per heavy atom. The van der Waals surface area contributed by atoms with Crippen molar-refractivity contribution in [2.45, 2.75) is 12.3 Å². The first-order valence-electron chi connectivity index (χ1n) is 4.68. The summed E-state index contributed by atoms with van der Waals surface area (Å²) in [7, 11) is 4.75. The van der Waals surface area contributed by atoms with Gasteiger partial charge in [-0.3, -0.25) is 0 Å². The maximum Gasteiger partial charge on any atom is 0.176 e. The number of hydrogen-bond acceptors (Lipinski definition) is 4. The molecule has 0 spiro atoms. The molecule has 1 unspecified atom stereocenters. The van der Waals surface area contributed by atoms with Crippen molar-refractivity contribution in [3.05, 3.63) is 29.8 Å². The van der Waals surface area contributed by atoms with Crippen molar-refractivity contribution >= 4 is 0 Å². The minimum atomic E-state index is -0.447. The second-order valence-corrected chi connectivity index (χ2v) is 3.14. The number of benzene rings is 1. The molecule has 1 aromatic carbocycles. The number of ether oxygens (including phenoxy) is 3. The average molecular weight is 211 g/mol. The van der Waals surface area contributed by atoms with Crippen molar-refractivity contribution in [3.8, 4) is 5.75 Å². The summed E-state index contributed by atoms with van der Waals surface area (Å²) in [5.41, 5.74) is 6.90. The molecule has 1 atom stereocenters. The van der Waals surface area contributed by atoms with Gasteiger partial charge in [-0.05, 0) is 17.7 Å². The van der Waals surface area contributed by atoms with Gasteiger partial charge in [-0.1, -0.05) is 12.1 Å². The number of hydrogen-bond donors (Lipinski definition) is 1. The van der Waals surface area contributed by atoms with Gasteiger partial charge in [0, 0.05) is 14.2 Å². The van der Waals surface area contributed by atoms with Gasteiger partial charge in [0.1, 0.15) is 5.75 Å². The molecule has 15 heavy (non-hydrogen) atoms. The second-order valence-electron chi connectivity index (χ2n) is 3.14. The maximum absolute atomic E-state index is 5.98. The SMILES string of the molecule is COc1cccc(C(N)C(OC)OC)c1. The molecule has 0 bridgehead atoms. The van der Waals surface area contributed by atoms with Gasteiger partial charge in [-0.25, -0.2) is 0 Å². The maximum atomic E-state index is 5.98. The van der Waals surface area contributed by atoms with Crippen molar-refractivity contribution < 1.29 is 14.2 Å². The molecule has 1 aromatic rings. The zero-order chi connectivity index (χ0) is 11.3. The Morgan fingerprint density at radius 1 is 1.13 bits per heavy atom. The van der Waals surface area contributed by atoms with Crippen molar-refractivity contribution in [1.82, 2.24) is 0 Å². The van der Waals surface area contributed by atoms with E-state index < -0.39 is 6.29 Å². The van der Waals surface area contributed by atoms with Crippen molar-refractivity contribution in [2.24, 2.45) is 5.73 Å². The summed E-state index contributed by atoms with van der Waals surface area (Å²) < 4.78 is 15.3. The van der Waals surface area contributed by atoms with Crippen molar-refractivity contribution in [2.75, 3.05) is 21.3 Å². The first-order chi connectivity index (χ1) is 7.22. The van der Waals surface area contributed by atoms with E-state index >= 15 is 0 Å². The van der Waals surface area contributed by atoms with Crippen LogP contribution in [0.1, 0.15) is 11.6 Å². The molecule has 0 heterocycles. The predicted molar refractivity (Wildman–Crippen MR) is 57.7 cm³/mol. The molecule has 0 saturated carbocycles. The fourth-order valence-corrected chi connectivity index (χ4v) is 1.40. The van der Waals surface area contributed by atoms with Gasteiger partial charge in [-0.15, -0.1) is 0 Å². The lowest BCUT2D eigenvalue weighted by Crippen LogP contribution is -2.29. The fraction of sp³-hybridized carbons (Fsp3) is 0.455. The van der Waals surface area contributed by atoms with Crippen molar-refractivity contribution in [3.63, 3.8) is 0 Å². The van der Waals surface area contributed by atoms with Crippen LogP contribution < -0.4 is 10.5 Å². The molecule has 0 fully saturated rings. The summed E-state index contributed by atoms with van der Waals surface area (Å²) in [4.78, 5) is 0. The summed E-state index contributed by atoms with van der Waals surface area (Å²) in [6.07, 6.45) is -0.447. The highest BCUT2D eigenvalue weighted by Gasteiger charge is 2.18. The molecule has 0 aliphatic heterocycles. The van der Waals surface area contributed by atoms with Gasteiger partial charge in [0.25, 0.3) is 0 Å². The van der Waals surface area contributed by atoms with Gasteiger partial charge in [0.15, 0.2) is 6.29 Å². The van der Waals surface area contributed by atoms with Crippen LogP contribution in [0.15, 0.2) is 24.3 Å². The Morgan fingerprint density at radius 3 is 2.33 bits per heavy atom. The zero-order valence-corrected chi connectivity index (χ0v) is 9.27. The Bertz CT molecular complexity index is 300. The van der Waals surface area contributed by atoms with E-state index in [2.05, 4.69) is 0 Å². The lowest BCUT2D eigenvalue weighted by atomic mass is 10.1. The van der Waals surface area contributed by atoms with Crippen LogP contribution in [0, 0.1) is 0 Å².